The third kappa shape index (κ3) is 7.45. The zero-order valence-corrected chi connectivity index (χ0v) is 20.8. The van der Waals surface area contributed by atoms with Crippen molar-refractivity contribution in [3.8, 4) is 11.1 Å². The van der Waals surface area contributed by atoms with Gasteiger partial charge in [-0.15, -0.1) is 11.3 Å². The van der Waals surface area contributed by atoms with Crippen LogP contribution in [0.2, 0.25) is 0 Å². The lowest BCUT2D eigenvalue weighted by Gasteiger charge is -2.24. The minimum absolute atomic E-state index is 0.135. The number of ether oxygens (including phenoxy) is 2. The molecule has 1 atom stereocenters. The molecule has 3 aromatic rings. The van der Waals surface area contributed by atoms with Crippen molar-refractivity contribution < 1.29 is 14.6 Å². The molecule has 8 heteroatoms. The monoisotopic (exact) mass is 473 g/mol. The number of hydrogen-bond acceptors (Lipinski definition) is 7. The Balaban J connectivity index is 1.76. The highest BCUT2D eigenvalue weighted by Crippen LogP contribution is 2.30. The molecular formula is C25H35N3O4S. The van der Waals surface area contributed by atoms with Gasteiger partial charge >= 0.3 is 0 Å². The molecule has 3 rings (SSSR count). The van der Waals surface area contributed by atoms with Gasteiger partial charge in [0.1, 0.15) is 10.7 Å². The maximum Gasteiger partial charge on any atom is 0.260 e. The number of aliphatic hydroxyl groups excluding tert-OH is 1. The van der Waals surface area contributed by atoms with E-state index in [1.54, 1.807) is 7.11 Å². The Labute approximate surface area is 199 Å². The van der Waals surface area contributed by atoms with E-state index >= 15 is 0 Å². The Morgan fingerprint density at radius 1 is 1.21 bits per heavy atom. The lowest BCUT2D eigenvalue weighted by molar-refractivity contribution is 0.00544. The van der Waals surface area contributed by atoms with E-state index in [1.807, 2.05) is 36.6 Å². The number of aliphatic hydroxyl groups is 1. The van der Waals surface area contributed by atoms with Gasteiger partial charge in [0.05, 0.1) is 24.6 Å². The fourth-order valence-electron chi connectivity index (χ4n) is 3.68. The maximum atomic E-state index is 13.0. The van der Waals surface area contributed by atoms with Gasteiger partial charge in [-0.1, -0.05) is 43.7 Å². The van der Waals surface area contributed by atoms with Gasteiger partial charge in [-0.2, -0.15) is 0 Å². The molecular weight excluding hydrogens is 438 g/mol. The second-order valence-electron chi connectivity index (χ2n) is 8.87. The molecule has 0 aliphatic heterocycles. The van der Waals surface area contributed by atoms with Crippen molar-refractivity contribution in [1.82, 2.24) is 14.9 Å². The van der Waals surface area contributed by atoms with E-state index in [0.717, 1.165) is 28.9 Å². The van der Waals surface area contributed by atoms with Gasteiger partial charge in [-0.05, 0) is 24.8 Å². The molecule has 33 heavy (non-hydrogen) atoms. The summed E-state index contributed by atoms with van der Waals surface area (Å²) in [5.41, 5.74) is 2.96. The molecule has 180 valence electrons. The standard InChI is InChI=1S/C25H35N3O4S/c1-17(2)14-32-15-20(29)12-28(10-5-11-31-4)13-22-26-24(30)23-21(16-33-25(23)27-22)19-8-6-18(3)7-9-19/h6-9,16-17,20,29H,5,10-15H2,1-4H3,(H,26,27,30)/t20-/m0/s1. The molecule has 2 aromatic heterocycles. The third-order valence-electron chi connectivity index (χ3n) is 5.28. The predicted octanol–water partition coefficient (Wildman–Crippen LogP) is 3.83. The van der Waals surface area contributed by atoms with Crippen LogP contribution in [0.3, 0.4) is 0 Å². The largest absolute Gasteiger partial charge is 0.389 e. The number of aromatic nitrogens is 2. The van der Waals surface area contributed by atoms with E-state index in [9.17, 15) is 9.90 Å². The Kier molecular flexibility index (Phi) is 9.58. The van der Waals surface area contributed by atoms with Crippen LogP contribution in [-0.2, 0) is 16.0 Å². The van der Waals surface area contributed by atoms with E-state index in [4.69, 9.17) is 14.5 Å². The van der Waals surface area contributed by atoms with Crippen molar-refractivity contribution in [3.05, 3.63) is 51.4 Å². The summed E-state index contributed by atoms with van der Waals surface area (Å²) < 4.78 is 10.8. The smallest absolute Gasteiger partial charge is 0.260 e. The fraction of sp³-hybridized carbons (Fsp3) is 0.520. The first kappa shape index (κ1) is 25.5. The van der Waals surface area contributed by atoms with E-state index in [0.29, 0.717) is 43.4 Å². The summed E-state index contributed by atoms with van der Waals surface area (Å²) in [7, 11) is 1.67. The SMILES string of the molecule is COCCCN(Cc1nc2scc(-c3ccc(C)cc3)c2c(=O)[nH]1)C[C@H](O)COCC(C)C. The highest BCUT2D eigenvalue weighted by molar-refractivity contribution is 7.17. The van der Waals surface area contributed by atoms with Gasteiger partial charge in [-0.25, -0.2) is 4.98 Å². The summed E-state index contributed by atoms with van der Waals surface area (Å²) in [6.45, 7) is 9.33. The predicted molar refractivity (Wildman–Crippen MR) is 134 cm³/mol. The Bertz CT molecular complexity index is 1060. The second kappa shape index (κ2) is 12.4. The van der Waals surface area contributed by atoms with Crippen LogP contribution < -0.4 is 5.56 Å². The van der Waals surface area contributed by atoms with Crippen molar-refractivity contribution in [1.29, 1.82) is 0 Å². The number of rotatable bonds is 13. The lowest BCUT2D eigenvalue weighted by Crippen LogP contribution is -2.36. The summed E-state index contributed by atoms with van der Waals surface area (Å²) in [5.74, 6) is 1.02. The highest BCUT2D eigenvalue weighted by Gasteiger charge is 2.17. The molecule has 0 saturated carbocycles. The maximum absolute atomic E-state index is 13.0. The molecule has 0 fully saturated rings. The van der Waals surface area contributed by atoms with E-state index < -0.39 is 6.10 Å². The Morgan fingerprint density at radius 2 is 1.97 bits per heavy atom. The quantitative estimate of drug-likeness (QED) is 0.367. The van der Waals surface area contributed by atoms with Crippen LogP contribution in [0, 0.1) is 12.8 Å². The van der Waals surface area contributed by atoms with Crippen molar-refractivity contribution in [2.24, 2.45) is 5.92 Å². The molecule has 0 saturated heterocycles. The first-order valence-electron chi connectivity index (χ1n) is 11.4. The number of thiophene rings is 1. The van der Waals surface area contributed by atoms with Crippen LogP contribution in [-0.4, -0.2) is 66.1 Å². The number of nitrogens with zero attached hydrogens (tertiary/aromatic N) is 2. The number of benzene rings is 1. The molecule has 0 amide bonds. The highest BCUT2D eigenvalue weighted by atomic mass is 32.1. The van der Waals surface area contributed by atoms with Crippen LogP contribution in [0.4, 0.5) is 0 Å². The van der Waals surface area contributed by atoms with E-state index in [-0.39, 0.29) is 12.2 Å². The molecule has 2 heterocycles. The van der Waals surface area contributed by atoms with Crippen molar-refractivity contribution in [2.75, 3.05) is 40.0 Å². The van der Waals surface area contributed by atoms with Crippen molar-refractivity contribution >= 4 is 21.6 Å². The molecule has 0 aliphatic rings. The summed E-state index contributed by atoms with van der Waals surface area (Å²) >= 11 is 1.48. The van der Waals surface area contributed by atoms with Crippen LogP contribution in [0.15, 0.2) is 34.4 Å². The topological polar surface area (TPSA) is 87.7 Å². The van der Waals surface area contributed by atoms with Gasteiger partial charge in [0.15, 0.2) is 0 Å². The number of fused-ring (bicyclic) bond motifs is 1. The average molecular weight is 474 g/mol. The second-order valence-corrected chi connectivity index (χ2v) is 9.73. The molecule has 1 aromatic carbocycles. The fourth-order valence-corrected chi connectivity index (χ4v) is 4.65. The van der Waals surface area contributed by atoms with Crippen molar-refractivity contribution in [2.45, 2.75) is 39.8 Å². The molecule has 0 aliphatic carbocycles. The van der Waals surface area contributed by atoms with Gasteiger partial charge in [0, 0.05) is 44.4 Å². The normalized spacial score (nSPS) is 12.8. The summed E-state index contributed by atoms with van der Waals surface area (Å²) in [6, 6.07) is 8.15. The zero-order chi connectivity index (χ0) is 23.8. The van der Waals surface area contributed by atoms with Crippen molar-refractivity contribution in [3.63, 3.8) is 0 Å². The number of H-pyrrole nitrogens is 1. The van der Waals surface area contributed by atoms with Crippen LogP contribution in [0.25, 0.3) is 21.3 Å². The molecule has 0 radical (unpaired) electrons. The number of nitrogens with one attached hydrogen (secondary N) is 1. The number of hydrogen-bond donors (Lipinski definition) is 2. The third-order valence-corrected chi connectivity index (χ3v) is 6.15. The molecule has 0 unspecified atom stereocenters. The number of aryl methyl sites for hydroxylation is 1. The minimum atomic E-state index is -0.614. The van der Waals surface area contributed by atoms with Crippen LogP contribution in [0.5, 0.6) is 0 Å². The summed E-state index contributed by atoms with van der Waals surface area (Å²) in [5, 5.41) is 13.1. The molecule has 0 spiro atoms. The van der Waals surface area contributed by atoms with Crippen LogP contribution in [0.1, 0.15) is 31.7 Å². The summed E-state index contributed by atoms with van der Waals surface area (Å²) in [4.78, 5) is 23.5. The Hall–Kier alpha value is -2.10. The Morgan fingerprint density at radius 3 is 2.67 bits per heavy atom. The molecule has 7 nitrogen and oxygen atoms in total. The van der Waals surface area contributed by atoms with Gasteiger partial charge in [0.2, 0.25) is 0 Å². The van der Waals surface area contributed by atoms with Gasteiger partial charge in [-0.3, -0.25) is 9.69 Å². The molecule has 2 N–H and O–H groups in total. The van der Waals surface area contributed by atoms with Gasteiger partial charge < -0.3 is 19.6 Å². The average Bonchev–Trinajstić information content (AvgIpc) is 3.18. The molecule has 0 bridgehead atoms. The van der Waals surface area contributed by atoms with Gasteiger partial charge in [0.25, 0.3) is 5.56 Å². The number of aromatic amines is 1. The minimum Gasteiger partial charge on any atom is -0.389 e. The van der Waals surface area contributed by atoms with E-state index in [1.165, 1.54) is 16.9 Å². The first-order valence-corrected chi connectivity index (χ1v) is 12.3. The zero-order valence-electron chi connectivity index (χ0n) is 20.0. The van der Waals surface area contributed by atoms with E-state index in [2.05, 4.69) is 23.7 Å². The number of methoxy groups -OCH3 is 1. The lowest BCUT2D eigenvalue weighted by atomic mass is 10.1. The van der Waals surface area contributed by atoms with Crippen LogP contribution >= 0.6 is 11.3 Å². The first-order chi connectivity index (χ1) is 15.9. The summed E-state index contributed by atoms with van der Waals surface area (Å²) in [6.07, 6.45) is 0.204.